The lowest BCUT2D eigenvalue weighted by Gasteiger charge is -2.08. The summed E-state index contributed by atoms with van der Waals surface area (Å²) in [5.41, 5.74) is 2.21. The van der Waals surface area contributed by atoms with Crippen molar-refractivity contribution in [3.63, 3.8) is 0 Å². The third-order valence-corrected chi connectivity index (χ3v) is 5.76. The van der Waals surface area contributed by atoms with E-state index in [0.717, 1.165) is 16.9 Å². The van der Waals surface area contributed by atoms with E-state index in [0.29, 0.717) is 18.0 Å². The van der Waals surface area contributed by atoms with Gasteiger partial charge >= 0.3 is 0 Å². The summed E-state index contributed by atoms with van der Waals surface area (Å²) in [5, 5.41) is 4.79. The van der Waals surface area contributed by atoms with E-state index in [1.165, 1.54) is 16.9 Å². The van der Waals surface area contributed by atoms with Crippen LogP contribution in [-0.4, -0.2) is 15.5 Å². The molecule has 2 rings (SSSR count). The summed E-state index contributed by atoms with van der Waals surface area (Å²) in [4.78, 5) is 1.19. The van der Waals surface area contributed by atoms with Crippen LogP contribution >= 0.6 is 11.3 Å². The molecular formula is C15H20N2O2S2. The van der Waals surface area contributed by atoms with Crippen LogP contribution in [0.1, 0.15) is 22.9 Å². The zero-order valence-corrected chi connectivity index (χ0v) is 13.9. The summed E-state index contributed by atoms with van der Waals surface area (Å²) in [5.74, 6) is 0. The maximum Gasteiger partial charge on any atom is 0.242 e. The topological polar surface area (TPSA) is 58.2 Å². The van der Waals surface area contributed by atoms with Crippen LogP contribution in [0.3, 0.4) is 0 Å². The molecule has 0 bridgehead atoms. The van der Waals surface area contributed by atoms with E-state index in [4.69, 9.17) is 0 Å². The van der Waals surface area contributed by atoms with Gasteiger partial charge < -0.3 is 5.32 Å². The lowest BCUT2D eigenvalue weighted by molar-refractivity contribution is 0.580. The van der Waals surface area contributed by atoms with Gasteiger partial charge in [-0.3, -0.25) is 0 Å². The Morgan fingerprint density at radius 1 is 1.05 bits per heavy atom. The molecule has 0 saturated carbocycles. The maximum absolute atomic E-state index is 12.4. The monoisotopic (exact) mass is 324 g/mol. The molecule has 0 amide bonds. The lowest BCUT2D eigenvalue weighted by atomic mass is 10.1. The van der Waals surface area contributed by atoms with E-state index < -0.39 is 10.0 Å². The number of thiophene rings is 1. The Balaban J connectivity index is 2.08. The van der Waals surface area contributed by atoms with Crippen molar-refractivity contribution in [2.75, 3.05) is 7.05 Å². The Morgan fingerprint density at radius 3 is 2.33 bits per heavy atom. The van der Waals surface area contributed by atoms with Gasteiger partial charge in [0.25, 0.3) is 0 Å². The van der Waals surface area contributed by atoms with E-state index in [1.54, 1.807) is 18.5 Å². The molecule has 0 fully saturated rings. The molecule has 114 valence electrons. The average Bonchev–Trinajstić information content (AvgIpc) is 2.95. The Morgan fingerprint density at radius 2 is 1.71 bits per heavy atom. The summed E-state index contributed by atoms with van der Waals surface area (Å²) in [6.07, 6.45) is 0.980. The van der Waals surface area contributed by atoms with Gasteiger partial charge in [-0.2, -0.15) is 0 Å². The van der Waals surface area contributed by atoms with Gasteiger partial charge in [0, 0.05) is 18.0 Å². The van der Waals surface area contributed by atoms with Gasteiger partial charge in [-0.05, 0) is 36.0 Å². The van der Waals surface area contributed by atoms with Crippen molar-refractivity contribution in [1.82, 2.24) is 10.0 Å². The van der Waals surface area contributed by atoms with Crippen LogP contribution in [0.2, 0.25) is 0 Å². The van der Waals surface area contributed by atoms with Gasteiger partial charge in [0.05, 0.1) is 4.90 Å². The number of benzene rings is 1. The maximum atomic E-state index is 12.4. The van der Waals surface area contributed by atoms with Crippen molar-refractivity contribution >= 4 is 21.4 Å². The first-order valence-electron chi connectivity index (χ1n) is 6.85. The van der Waals surface area contributed by atoms with Crippen LogP contribution < -0.4 is 10.0 Å². The fourth-order valence-corrected chi connectivity index (χ4v) is 4.48. The number of sulfonamides is 1. The number of nitrogens with one attached hydrogen (secondary N) is 2. The molecule has 1 heterocycles. The van der Waals surface area contributed by atoms with Crippen LogP contribution in [0.4, 0.5) is 0 Å². The van der Waals surface area contributed by atoms with Crippen molar-refractivity contribution in [2.24, 2.45) is 0 Å². The molecule has 0 atom stereocenters. The van der Waals surface area contributed by atoms with Crippen LogP contribution in [0.25, 0.3) is 0 Å². The molecule has 2 aromatic rings. The predicted octanol–water partition coefficient (Wildman–Crippen LogP) is 2.51. The molecule has 0 aliphatic heterocycles. The molecule has 0 unspecified atom stereocenters. The first-order valence-corrected chi connectivity index (χ1v) is 9.21. The van der Waals surface area contributed by atoms with Crippen LogP contribution in [-0.2, 0) is 29.5 Å². The largest absolute Gasteiger partial charge is 0.315 e. The highest BCUT2D eigenvalue weighted by molar-refractivity contribution is 7.89. The van der Waals surface area contributed by atoms with Crippen LogP contribution in [0.15, 0.2) is 40.6 Å². The first-order chi connectivity index (χ1) is 10.1. The van der Waals surface area contributed by atoms with E-state index >= 15 is 0 Å². The molecule has 21 heavy (non-hydrogen) atoms. The fourth-order valence-electron chi connectivity index (χ4n) is 2.01. The molecule has 0 aliphatic carbocycles. The summed E-state index contributed by atoms with van der Waals surface area (Å²) in [7, 11) is -1.66. The minimum absolute atomic E-state index is 0.307. The van der Waals surface area contributed by atoms with E-state index in [-0.39, 0.29) is 0 Å². The summed E-state index contributed by atoms with van der Waals surface area (Å²) < 4.78 is 27.4. The highest BCUT2D eigenvalue weighted by Crippen LogP contribution is 2.21. The standard InChI is InChI=1S/C15H20N2O2S2/c1-3-12-4-6-13(7-5-12)10-17-21(18,19)15-8-9-20-14(15)11-16-2/h4-9,16-17H,3,10-11H2,1-2H3. The molecule has 0 saturated heterocycles. The Labute approximate surface area is 130 Å². The SMILES string of the molecule is CCc1ccc(CNS(=O)(=O)c2ccsc2CNC)cc1. The molecule has 0 spiro atoms. The minimum Gasteiger partial charge on any atom is -0.315 e. The number of aryl methyl sites for hydroxylation is 1. The van der Waals surface area contributed by atoms with Crippen molar-refractivity contribution in [2.45, 2.75) is 31.3 Å². The van der Waals surface area contributed by atoms with E-state index in [9.17, 15) is 8.42 Å². The average molecular weight is 324 g/mol. The molecule has 6 heteroatoms. The minimum atomic E-state index is -3.46. The van der Waals surface area contributed by atoms with Crippen LogP contribution in [0, 0.1) is 0 Å². The number of rotatable bonds is 7. The zero-order chi connectivity index (χ0) is 15.3. The molecule has 2 N–H and O–H groups in total. The molecule has 1 aromatic heterocycles. The van der Waals surface area contributed by atoms with Gasteiger partial charge in [0.15, 0.2) is 0 Å². The molecule has 4 nitrogen and oxygen atoms in total. The van der Waals surface area contributed by atoms with Gasteiger partial charge in [-0.1, -0.05) is 31.2 Å². The van der Waals surface area contributed by atoms with E-state index in [2.05, 4.69) is 17.0 Å². The van der Waals surface area contributed by atoms with Crippen molar-refractivity contribution < 1.29 is 8.42 Å². The highest BCUT2D eigenvalue weighted by Gasteiger charge is 2.18. The molecular weight excluding hydrogens is 304 g/mol. The van der Waals surface area contributed by atoms with Gasteiger partial charge in [-0.25, -0.2) is 13.1 Å². The number of hydrogen-bond acceptors (Lipinski definition) is 4. The second-order valence-corrected chi connectivity index (χ2v) is 7.47. The van der Waals surface area contributed by atoms with E-state index in [1.807, 2.05) is 24.3 Å². The second-order valence-electron chi connectivity index (χ2n) is 4.73. The van der Waals surface area contributed by atoms with Gasteiger partial charge in [0.2, 0.25) is 10.0 Å². The van der Waals surface area contributed by atoms with Gasteiger partial charge in [0.1, 0.15) is 0 Å². The zero-order valence-electron chi connectivity index (χ0n) is 12.2. The Hall–Kier alpha value is -1.21. The predicted molar refractivity (Wildman–Crippen MR) is 86.9 cm³/mol. The van der Waals surface area contributed by atoms with Gasteiger partial charge in [-0.15, -0.1) is 11.3 Å². The van der Waals surface area contributed by atoms with Crippen LogP contribution in [0.5, 0.6) is 0 Å². The quantitative estimate of drug-likeness (QED) is 0.823. The van der Waals surface area contributed by atoms with Crippen molar-refractivity contribution in [1.29, 1.82) is 0 Å². The summed E-state index contributed by atoms with van der Waals surface area (Å²) >= 11 is 1.45. The smallest absolute Gasteiger partial charge is 0.242 e. The summed E-state index contributed by atoms with van der Waals surface area (Å²) in [6.45, 7) is 2.96. The normalized spacial score (nSPS) is 11.7. The highest BCUT2D eigenvalue weighted by atomic mass is 32.2. The molecule has 0 aliphatic rings. The molecule has 1 aromatic carbocycles. The number of hydrogen-bond donors (Lipinski definition) is 2. The fraction of sp³-hybridized carbons (Fsp3) is 0.333. The third-order valence-electron chi connectivity index (χ3n) is 3.23. The lowest BCUT2D eigenvalue weighted by Crippen LogP contribution is -2.24. The Bertz CT molecular complexity index is 676. The molecule has 0 radical (unpaired) electrons. The van der Waals surface area contributed by atoms with Crippen molar-refractivity contribution in [3.8, 4) is 0 Å². The second kappa shape index (κ2) is 7.17. The summed E-state index contributed by atoms with van der Waals surface area (Å²) in [6, 6.07) is 9.63. The third kappa shape index (κ3) is 4.14. The van der Waals surface area contributed by atoms with Crippen molar-refractivity contribution in [3.05, 3.63) is 51.7 Å². The first kappa shape index (κ1) is 16.2. The Kier molecular flexibility index (Phi) is 5.52.